The molecule has 1 aromatic carbocycles. The van der Waals surface area contributed by atoms with E-state index in [-0.39, 0.29) is 11.7 Å². The first-order valence-electron chi connectivity index (χ1n) is 7.95. The molecule has 4 rings (SSSR count). The van der Waals surface area contributed by atoms with Gasteiger partial charge in [-0.3, -0.25) is 4.79 Å². The van der Waals surface area contributed by atoms with Crippen LogP contribution in [0.5, 0.6) is 0 Å². The molecular weight excluding hydrogens is 366 g/mol. The smallest absolute Gasteiger partial charge is 0.234 e. The van der Waals surface area contributed by atoms with E-state index in [0.29, 0.717) is 10.8 Å². The average molecular weight is 381 g/mol. The van der Waals surface area contributed by atoms with Crippen LogP contribution in [0.4, 0.5) is 5.69 Å². The van der Waals surface area contributed by atoms with Crippen LogP contribution < -0.4 is 5.32 Å². The van der Waals surface area contributed by atoms with Crippen LogP contribution in [0.25, 0.3) is 16.2 Å². The Kier molecular flexibility index (Phi) is 4.68. The Labute approximate surface area is 158 Å². The highest BCUT2D eigenvalue weighted by Crippen LogP contribution is 2.24. The number of carbonyl (C=O) groups is 1. The summed E-state index contributed by atoms with van der Waals surface area (Å²) in [5.74, 6) is 0.145. The number of aryl methyl sites for hydroxylation is 1. The molecule has 0 radical (unpaired) electrons. The molecule has 8 heteroatoms. The number of carbonyl (C=O) groups excluding carboxylic acids is 1. The van der Waals surface area contributed by atoms with E-state index in [2.05, 4.69) is 20.6 Å². The van der Waals surface area contributed by atoms with Crippen molar-refractivity contribution in [1.29, 1.82) is 0 Å². The topological polar surface area (TPSA) is 72.2 Å². The Morgan fingerprint density at radius 3 is 2.92 bits per heavy atom. The van der Waals surface area contributed by atoms with Crippen molar-refractivity contribution in [1.82, 2.24) is 19.8 Å². The minimum atomic E-state index is -0.0910. The van der Waals surface area contributed by atoms with E-state index in [0.717, 1.165) is 21.8 Å². The lowest BCUT2D eigenvalue weighted by Gasteiger charge is -2.05. The highest BCUT2D eigenvalue weighted by molar-refractivity contribution is 7.99. The molecule has 3 heterocycles. The molecule has 0 saturated heterocycles. The van der Waals surface area contributed by atoms with Crippen molar-refractivity contribution in [2.75, 3.05) is 11.1 Å². The molecule has 0 aliphatic rings. The standard InChI is InChI=1S/C18H15N5OS2/c1-12-4-2-5-13(10-12)19-17(24)11-26-18-21-20-16-8-7-14(22-23(16)18)15-6-3-9-25-15/h2-10H,11H2,1H3,(H,19,24). The second kappa shape index (κ2) is 7.27. The van der Waals surface area contributed by atoms with E-state index in [1.54, 1.807) is 15.9 Å². The Hall–Kier alpha value is -2.71. The third-order valence-corrected chi connectivity index (χ3v) is 5.45. The van der Waals surface area contributed by atoms with Gasteiger partial charge in [-0.25, -0.2) is 0 Å². The number of fused-ring (bicyclic) bond motifs is 1. The monoisotopic (exact) mass is 381 g/mol. The van der Waals surface area contributed by atoms with Crippen molar-refractivity contribution in [2.24, 2.45) is 0 Å². The minimum absolute atomic E-state index is 0.0910. The van der Waals surface area contributed by atoms with E-state index >= 15 is 0 Å². The molecule has 0 saturated carbocycles. The van der Waals surface area contributed by atoms with Crippen LogP contribution in [0, 0.1) is 6.92 Å². The lowest BCUT2D eigenvalue weighted by atomic mass is 10.2. The number of aromatic nitrogens is 4. The SMILES string of the molecule is Cc1cccc(NC(=O)CSc2nnc3ccc(-c4cccs4)nn23)c1. The van der Waals surface area contributed by atoms with Crippen LogP contribution in [-0.4, -0.2) is 31.5 Å². The highest BCUT2D eigenvalue weighted by atomic mass is 32.2. The molecule has 6 nitrogen and oxygen atoms in total. The lowest BCUT2D eigenvalue weighted by molar-refractivity contribution is -0.113. The summed E-state index contributed by atoms with van der Waals surface area (Å²) in [6, 6.07) is 15.5. The molecular formula is C18H15N5OS2. The summed E-state index contributed by atoms with van der Waals surface area (Å²) in [6.45, 7) is 1.99. The Morgan fingerprint density at radius 2 is 2.12 bits per heavy atom. The maximum absolute atomic E-state index is 12.2. The number of hydrogen-bond acceptors (Lipinski definition) is 6. The van der Waals surface area contributed by atoms with Crippen molar-refractivity contribution < 1.29 is 4.79 Å². The second-order valence-corrected chi connectivity index (χ2v) is 7.54. The predicted molar refractivity (Wildman–Crippen MR) is 105 cm³/mol. The van der Waals surface area contributed by atoms with Gasteiger partial charge in [0.15, 0.2) is 5.65 Å². The van der Waals surface area contributed by atoms with Crippen molar-refractivity contribution in [3.05, 3.63) is 59.5 Å². The Morgan fingerprint density at radius 1 is 1.19 bits per heavy atom. The van der Waals surface area contributed by atoms with Crippen LogP contribution in [0.15, 0.2) is 59.1 Å². The van der Waals surface area contributed by atoms with Crippen molar-refractivity contribution in [2.45, 2.75) is 12.1 Å². The van der Waals surface area contributed by atoms with Gasteiger partial charge < -0.3 is 5.32 Å². The van der Waals surface area contributed by atoms with Gasteiger partial charge in [-0.1, -0.05) is 30.0 Å². The molecule has 0 spiro atoms. The first kappa shape index (κ1) is 16.7. The fourth-order valence-corrected chi connectivity index (χ4v) is 3.84. The average Bonchev–Trinajstić information content (AvgIpc) is 3.29. The molecule has 3 aromatic heterocycles. The molecule has 130 valence electrons. The van der Waals surface area contributed by atoms with Gasteiger partial charge in [-0.15, -0.1) is 21.5 Å². The van der Waals surface area contributed by atoms with E-state index < -0.39 is 0 Å². The van der Waals surface area contributed by atoms with E-state index in [1.807, 2.05) is 60.8 Å². The van der Waals surface area contributed by atoms with Gasteiger partial charge in [0.05, 0.1) is 10.6 Å². The highest BCUT2D eigenvalue weighted by Gasteiger charge is 2.12. The van der Waals surface area contributed by atoms with Gasteiger partial charge >= 0.3 is 0 Å². The molecule has 0 aliphatic carbocycles. The van der Waals surface area contributed by atoms with Gasteiger partial charge in [0.1, 0.15) is 5.69 Å². The quantitative estimate of drug-likeness (QED) is 0.531. The number of anilines is 1. The van der Waals surface area contributed by atoms with Crippen molar-refractivity contribution >= 4 is 40.3 Å². The zero-order chi connectivity index (χ0) is 17.9. The number of hydrogen-bond donors (Lipinski definition) is 1. The fraction of sp³-hybridized carbons (Fsp3) is 0.111. The lowest BCUT2D eigenvalue weighted by Crippen LogP contribution is -2.14. The minimum Gasteiger partial charge on any atom is -0.325 e. The summed E-state index contributed by atoms with van der Waals surface area (Å²) < 4.78 is 1.68. The number of nitrogens with one attached hydrogen (secondary N) is 1. The molecule has 26 heavy (non-hydrogen) atoms. The number of thioether (sulfide) groups is 1. The van der Waals surface area contributed by atoms with Crippen LogP contribution in [0.2, 0.25) is 0 Å². The van der Waals surface area contributed by atoms with Crippen LogP contribution in [0.1, 0.15) is 5.56 Å². The number of amides is 1. The van der Waals surface area contributed by atoms with Crippen LogP contribution in [0.3, 0.4) is 0 Å². The van der Waals surface area contributed by atoms with E-state index in [9.17, 15) is 4.79 Å². The zero-order valence-electron chi connectivity index (χ0n) is 13.9. The largest absolute Gasteiger partial charge is 0.325 e. The molecule has 0 fully saturated rings. The van der Waals surface area contributed by atoms with Crippen molar-refractivity contribution in [3.8, 4) is 10.6 Å². The summed E-state index contributed by atoms with van der Waals surface area (Å²) in [6.07, 6.45) is 0. The van der Waals surface area contributed by atoms with Crippen LogP contribution in [-0.2, 0) is 4.79 Å². The number of nitrogens with zero attached hydrogens (tertiary/aromatic N) is 4. The number of thiophene rings is 1. The molecule has 4 aromatic rings. The molecule has 1 amide bonds. The number of rotatable bonds is 5. The summed E-state index contributed by atoms with van der Waals surface area (Å²) in [5, 5.41) is 18.4. The Bertz CT molecular complexity index is 1060. The third kappa shape index (κ3) is 3.61. The van der Waals surface area contributed by atoms with Gasteiger partial charge in [0.25, 0.3) is 0 Å². The summed E-state index contributed by atoms with van der Waals surface area (Å²) in [5.41, 5.74) is 3.41. The maximum atomic E-state index is 12.2. The third-order valence-electron chi connectivity index (χ3n) is 3.64. The fourth-order valence-electron chi connectivity index (χ4n) is 2.46. The second-order valence-electron chi connectivity index (χ2n) is 5.65. The van der Waals surface area contributed by atoms with Gasteiger partial charge in [0.2, 0.25) is 11.1 Å². The van der Waals surface area contributed by atoms with Gasteiger partial charge in [-0.2, -0.15) is 9.61 Å². The molecule has 0 bridgehead atoms. The summed E-state index contributed by atoms with van der Waals surface area (Å²) >= 11 is 2.94. The van der Waals surface area contributed by atoms with E-state index in [4.69, 9.17) is 0 Å². The summed E-state index contributed by atoms with van der Waals surface area (Å²) in [7, 11) is 0. The molecule has 1 N–H and O–H groups in total. The zero-order valence-corrected chi connectivity index (χ0v) is 15.5. The first-order valence-corrected chi connectivity index (χ1v) is 9.81. The van der Waals surface area contributed by atoms with E-state index in [1.165, 1.54) is 11.8 Å². The Balaban J connectivity index is 1.48. The maximum Gasteiger partial charge on any atom is 0.234 e. The number of benzene rings is 1. The van der Waals surface area contributed by atoms with Gasteiger partial charge in [-0.05, 0) is 48.2 Å². The predicted octanol–water partition coefficient (Wildman–Crippen LogP) is 3.89. The normalized spacial score (nSPS) is 11.0. The van der Waals surface area contributed by atoms with Gasteiger partial charge in [0, 0.05) is 5.69 Å². The molecule has 0 aliphatic heterocycles. The molecule has 0 unspecified atom stereocenters. The summed E-state index contributed by atoms with van der Waals surface area (Å²) in [4.78, 5) is 13.3. The molecule has 0 atom stereocenters. The van der Waals surface area contributed by atoms with Crippen molar-refractivity contribution in [3.63, 3.8) is 0 Å². The first-order chi connectivity index (χ1) is 12.7. The van der Waals surface area contributed by atoms with Crippen LogP contribution >= 0.6 is 23.1 Å².